The molecule has 0 radical (unpaired) electrons. The van der Waals surface area contributed by atoms with Gasteiger partial charge in [-0.15, -0.1) is 0 Å². The van der Waals surface area contributed by atoms with Gasteiger partial charge in [-0.1, -0.05) is 12.1 Å². The predicted molar refractivity (Wildman–Crippen MR) is 252 cm³/mol. The van der Waals surface area contributed by atoms with Crippen LogP contribution in [-0.2, 0) is 55.8 Å². The van der Waals surface area contributed by atoms with Crippen LogP contribution in [0.5, 0.6) is 5.75 Å². The van der Waals surface area contributed by atoms with Crippen molar-refractivity contribution in [1.29, 1.82) is 0 Å². The van der Waals surface area contributed by atoms with Crippen LogP contribution in [0.25, 0.3) is 0 Å². The first kappa shape index (κ1) is 56.1. The third-order valence-electron chi connectivity index (χ3n) is 11.2. The Balaban J connectivity index is 1.32. The standard InChI is InChI=1S/C49H69F3N4O13S/c1-31(26-32-14-16-33(17-15-32)40(57)67-44(2,3)4)70(61,62)55-21-19-48(20-22-55)41(58)56(43(60)69-46(8,9)10)39(53-48)34-27-35(49(50,51)52)29-36(28-34)64-24-18-37-38(66-47(11,12)65-37)30-63-25-23-54(13)42(59)68-45(5,6)7/h14-17,27-29,31,37-38H,18-26,30H2,1-13H3/t31?,37-,38+/m0/s1. The number of rotatable bonds is 15. The molecule has 0 bridgehead atoms. The van der Waals surface area contributed by atoms with E-state index in [1.54, 1.807) is 114 Å². The maximum Gasteiger partial charge on any atom is 0.423 e. The number of imide groups is 1. The first-order valence-electron chi connectivity index (χ1n) is 23.3. The Morgan fingerprint density at radius 1 is 0.857 bits per heavy atom. The fraction of sp³-hybridized carbons (Fsp3) is 0.653. The summed E-state index contributed by atoms with van der Waals surface area (Å²) < 4.78 is 113. The van der Waals surface area contributed by atoms with Crippen molar-refractivity contribution < 1.29 is 73.9 Å². The lowest BCUT2D eigenvalue weighted by atomic mass is 9.88. The zero-order chi connectivity index (χ0) is 52.4. The van der Waals surface area contributed by atoms with Gasteiger partial charge in [-0.05, 0) is 138 Å². The molecule has 21 heteroatoms. The first-order valence-corrected chi connectivity index (χ1v) is 24.8. The average molecular weight is 1010 g/mol. The van der Waals surface area contributed by atoms with Crippen molar-refractivity contribution in [3.8, 4) is 5.75 Å². The number of hydrogen-bond donors (Lipinski definition) is 0. The maximum absolute atomic E-state index is 14.6. The number of likely N-dealkylation sites (N-methyl/N-ethyl adjacent to an activating group) is 1. The van der Waals surface area contributed by atoms with E-state index < -0.39 is 97.2 Å². The van der Waals surface area contributed by atoms with E-state index in [2.05, 4.69) is 4.99 Å². The van der Waals surface area contributed by atoms with Gasteiger partial charge in [0, 0.05) is 38.7 Å². The summed E-state index contributed by atoms with van der Waals surface area (Å²) in [6.07, 6.45) is -7.85. The molecule has 3 atom stereocenters. The molecule has 0 aliphatic carbocycles. The van der Waals surface area contributed by atoms with E-state index in [1.807, 2.05) is 0 Å². The molecule has 0 aromatic heterocycles. The van der Waals surface area contributed by atoms with E-state index in [0.29, 0.717) is 16.0 Å². The molecule has 390 valence electrons. The van der Waals surface area contributed by atoms with Crippen LogP contribution in [0.4, 0.5) is 22.8 Å². The van der Waals surface area contributed by atoms with Crippen molar-refractivity contribution in [2.24, 2.45) is 4.99 Å². The summed E-state index contributed by atoms with van der Waals surface area (Å²) in [6.45, 7) is 20.2. The molecule has 2 fully saturated rings. The molecule has 0 N–H and O–H groups in total. The zero-order valence-corrected chi connectivity index (χ0v) is 43.3. The molecule has 2 saturated heterocycles. The smallest absolute Gasteiger partial charge is 0.423 e. The number of esters is 1. The number of hydrogen-bond acceptors (Lipinski definition) is 14. The number of halogens is 3. The highest BCUT2D eigenvalue weighted by Crippen LogP contribution is 2.40. The van der Waals surface area contributed by atoms with Crippen molar-refractivity contribution in [2.75, 3.05) is 46.5 Å². The van der Waals surface area contributed by atoms with E-state index in [9.17, 15) is 40.8 Å². The summed E-state index contributed by atoms with van der Waals surface area (Å²) in [4.78, 5) is 59.8. The molecule has 2 aromatic rings. The number of nitrogens with zero attached hydrogens (tertiary/aromatic N) is 4. The number of aliphatic imine (C=N–C) groups is 1. The molecule has 0 saturated carbocycles. The molecular weight excluding hydrogens is 942 g/mol. The Morgan fingerprint density at radius 2 is 1.44 bits per heavy atom. The third-order valence-corrected chi connectivity index (χ3v) is 13.5. The molecule has 3 heterocycles. The van der Waals surface area contributed by atoms with Gasteiger partial charge in [0.05, 0.1) is 42.3 Å². The van der Waals surface area contributed by atoms with Gasteiger partial charge in [0.15, 0.2) is 5.79 Å². The van der Waals surface area contributed by atoms with Crippen molar-refractivity contribution in [3.63, 3.8) is 0 Å². The lowest BCUT2D eigenvalue weighted by molar-refractivity contribution is -0.151. The van der Waals surface area contributed by atoms with Crippen LogP contribution in [0, 0.1) is 0 Å². The van der Waals surface area contributed by atoms with Gasteiger partial charge in [0.2, 0.25) is 10.0 Å². The lowest BCUT2D eigenvalue weighted by Gasteiger charge is -2.36. The molecule has 2 aromatic carbocycles. The predicted octanol–water partition coefficient (Wildman–Crippen LogP) is 8.15. The number of alkyl halides is 3. The largest absolute Gasteiger partial charge is 0.493 e. The monoisotopic (exact) mass is 1010 g/mol. The molecule has 1 spiro atoms. The number of carbonyl (C=O) groups excluding carboxylic acids is 4. The van der Waals surface area contributed by atoms with E-state index in [4.69, 9.17) is 33.2 Å². The van der Waals surface area contributed by atoms with Gasteiger partial charge in [-0.3, -0.25) is 9.79 Å². The molecule has 3 aliphatic rings. The molecule has 3 amide bonds. The van der Waals surface area contributed by atoms with Gasteiger partial charge in [-0.25, -0.2) is 27.1 Å². The van der Waals surface area contributed by atoms with Crippen LogP contribution in [0.3, 0.4) is 0 Å². The summed E-state index contributed by atoms with van der Waals surface area (Å²) in [7, 11) is -2.39. The Kier molecular flexibility index (Phi) is 16.9. The number of carbonyl (C=O) groups is 4. The highest BCUT2D eigenvalue weighted by molar-refractivity contribution is 7.89. The molecule has 70 heavy (non-hydrogen) atoms. The number of sulfonamides is 1. The van der Waals surface area contributed by atoms with Crippen LogP contribution in [-0.4, -0.2) is 145 Å². The van der Waals surface area contributed by atoms with Crippen molar-refractivity contribution in [1.82, 2.24) is 14.1 Å². The fourth-order valence-corrected chi connectivity index (χ4v) is 9.52. The minimum Gasteiger partial charge on any atom is -0.493 e. The second-order valence-electron chi connectivity index (χ2n) is 21.3. The number of ether oxygens (including phenoxy) is 7. The number of benzene rings is 2. The van der Waals surface area contributed by atoms with E-state index in [-0.39, 0.29) is 76.5 Å². The van der Waals surface area contributed by atoms with Gasteiger partial charge < -0.3 is 38.1 Å². The normalized spacial score (nSPS) is 20.3. The second-order valence-corrected chi connectivity index (χ2v) is 23.7. The van der Waals surface area contributed by atoms with Gasteiger partial charge in [-0.2, -0.15) is 18.1 Å². The molecular formula is C49H69F3N4O13S. The molecule has 17 nitrogen and oxygen atoms in total. The topological polar surface area (TPSA) is 189 Å². The zero-order valence-electron chi connectivity index (χ0n) is 42.5. The quantitative estimate of drug-likeness (QED) is 0.0945. The maximum atomic E-state index is 14.6. The first-order chi connectivity index (χ1) is 32.1. The fourth-order valence-electron chi connectivity index (χ4n) is 7.91. The van der Waals surface area contributed by atoms with E-state index >= 15 is 0 Å². The number of piperidine rings is 1. The summed E-state index contributed by atoms with van der Waals surface area (Å²) in [5.41, 5.74) is -4.60. The molecule has 1 unspecified atom stereocenters. The van der Waals surface area contributed by atoms with Gasteiger partial charge in [0.25, 0.3) is 5.91 Å². The Hall–Kier alpha value is -4.83. The third kappa shape index (κ3) is 14.9. The second kappa shape index (κ2) is 21.1. The van der Waals surface area contributed by atoms with Crippen LogP contribution in [0.2, 0.25) is 0 Å². The minimum atomic E-state index is -4.89. The van der Waals surface area contributed by atoms with E-state index in [0.717, 1.165) is 12.1 Å². The Bertz CT molecular complexity index is 2360. The van der Waals surface area contributed by atoms with Crippen LogP contribution in [0.15, 0.2) is 47.5 Å². The highest BCUT2D eigenvalue weighted by Gasteiger charge is 2.54. The average Bonchev–Trinajstić information content (AvgIpc) is 3.67. The summed E-state index contributed by atoms with van der Waals surface area (Å²) in [6, 6.07) is 9.26. The van der Waals surface area contributed by atoms with Crippen molar-refractivity contribution in [3.05, 3.63) is 64.7 Å². The van der Waals surface area contributed by atoms with Gasteiger partial charge in [0.1, 0.15) is 40.0 Å². The SMILES string of the molecule is CC(Cc1ccc(C(=O)OC(C)(C)C)cc1)S(=O)(=O)N1CCC2(CC1)N=C(c1cc(OCC[C@@H]3OC(C)(C)O[C@@H]3COCCN(C)C(=O)OC(C)(C)C)cc(C(F)(F)F)c1)N(C(=O)OC(C)(C)C)C2=O. The number of amides is 3. The molecule has 5 rings (SSSR count). The van der Waals surface area contributed by atoms with Crippen LogP contribution in [0.1, 0.15) is 129 Å². The van der Waals surface area contributed by atoms with Crippen LogP contribution >= 0.6 is 0 Å². The van der Waals surface area contributed by atoms with Crippen LogP contribution < -0.4 is 4.74 Å². The lowest BCUT2D eigenvalue weighted by Crippen LogP contribution is -2.54. The summed E-state index contributed by atoms with van der Waals surface area (Å²) >= 11 is 0. The highest BCUT2D eigenvalue weighted by atomic mass is 32.2. The van der Waals surface area contributed by atoms with Gasteiger partial charge >= 0.3 is 24.3 Å². The molecule has 3 aliphatic heterocycles. The van der Waals surface area contributed by atoms with Crippen molar-refractivity contribution in [2.45, 2.75) is 161 Å². The Morgan fingerprint density at radius 3 is 2.01 bits per heavy atom. The summed E-state index contributed by atoms with van der Waals surface area (Å²) in [5, 5.41) is -0.919. The number of amidine groups is 1. The van der Waals surface area contributed by atoms with Crippen molar-refractivity contribution >= 4 is 39.9 Å². The minimum absolute atomic E-state index is 0.0793. The van der Waals surface area contributed by atoms with E-state index in [1.165, 1.54) is 15.3 Å². The summed E-state index contributed by atoms with van der Waals surface area (Å²) in [5.74, 6) is -3.03. The Labute approximate surface area is 409 Å².